The molecule has 1 aliphatic heterocycles. The summed E-state index contributed by atoms with van der Waals surface area (Å²) in [5, 5.41) is 20.6. The molecule has 0 aliphatic carbocycles. The Labute approximate surface area is 222 Å². The van der Waals surface area contributed by atoms with Crippen molar-refractivity contribution >= 4 is 45.5 Å². The lowest BCUT2D eigenvalue weighted by atomic mass is 10.2. The molecule has 1 aliphatic rings. The predicted molar refractivity (Wildman–Crippen MR) is 140 cm³/mol. The monoisotopic (exact) mass is 543 g/mol. The zero-order chi connectivity index (χ0) is 27.8. The molecule has 1 saturated heterocycles. The lowest BCUT2D eigenvalue weighted by molar-refractivity contribution is -0.141. The molecule has 13 heteroatoms. The van der Waals surface area contributed by atoms with Crippen molar-refractivity contribution in [2.24, 2.45) is 0 Å². The summed E-state index contributed by atoms with van der Waals surface area (Å²) in [5.74, 6) is -0.422. The van der Waals surface area contributed by atoms with Crippen LogP contribution < -0.4 is 9.64 Å². The summed E-state index contributed by atoms with van der Waals surface area (Å²) in [6.45, 7) is 8.97. The van der Waals surface area contributed by atoms with E-state index in [9.17, 15) is 24.6 Å². The van der Waals surface area contributed by atoms with Gasteiger partial charge < -0.3 is 19.7 Å². The van der Waals surface area contributed by atoms with Crippen molar-refractivity contribution in [2.45, 2.75) is 64.8 Å². The minimum absolute atomic E-state index is 0.0131. The molecule has 3 aromatic heterocycles. The molecule has 0 bridgehead atoms. The number of hydrogen-bond acceptors (Lipinski definition) is 9. The van der Waals surface area contributed by atoms with Gasteiger partial charge in [0.2, 0.25) is 5.88 Å². The van der Waals surface area contributed by atoms with Gasteiger partial charge in [-0.3, -0.25) is 9.80 Å². The van der Waals surface area contributed by atoms with Crippen LogP contribution in [0.1, 0.15) is 41.0 Å². The van der Waals surface area contributed by atoms with E-state index in [1.54, 1.807) is 45.0 Å². The SMILES string of the molecule is CC(C)N(C(=O)OC(C)(C)C)c1cccc(-c2nc(O[C@@H]3C[C@@H](C(=O)O)N(C(=O)O)C3)c3sccc3n2)n1. The third-order valence-electron chi connectivity index (χ3n) is 5.66. The number of hydrogen-bond donors (Lipinski definition) is 2. The number of rotatable bonds is 6. The van der Waals surface area contributed by atoms with Gasteiger partial charge in [0.15, 0.2) is 5.82 Å². The van der Waals surface area contributed by atoms with Crippen molar-refractivity contribution in [1.82, 2.24) is 19.9 Å². The van der Waals surface area contributed by atoms with Crippen LogP contribution in [-0.4, -0.2) is 78.6 Å². The zero-order valence-corrected chi connectivity index (χ0v) is 22.4. The Morgan fingerprint density at radius 3 is 2.47 bits per heavy atom. The number of nitrogens with zero attached hydrogens (tertiary/aromatic N) is 5. The van der Waals surface area contributed by atoms with Crippen LogP contribution >= 0.6 is 11.3 Å². The molecule has 2 atom stereocenters. The first kappa shape index (κ1) is 27.0. The van der Waals surface area contributed by atoms with Crippen LogP contribution in [0.3, 0.4) is 0 Å². The number of carbonyl (C=O) groups is 3. The first-order valence-electron chi connectivity index (χ1n) is 12.0. The minimum atomic E-state index is -1.33. The summed E-state index contributed by atoms with van der Waals surface area (Å²) < 4.78 is 12.3. The van der Waals surface area contributed by atoms with Crippen LogP contribution in [0.25, 0.3) is 21.7 Å². The predicted octanol–water partition coefficient (Wildman–Crippen LogP) is 4.49. The number of likely N-dealkylation sites (tertiary alicyclic amines) is 1. The minimum Gasteiger partial charge on any atom is -0.480 e. The zero-order valence-electron chi connectivity index (χ0n) is 21.6. The number of carbonyl (C=O) groups excluding carboxylic acids is 1. The summed E-state index contributed by atoms with van der Waals surface area (Å²) in [5.41, 5.74) is 0.298. The largest absolute Gasteiger partial charge is 0.480 e. The van der Waals surface area contributed by atoms with E-state index in [2.05, 4.69) is 15.0 Å². The highest BCUT2D eigenvalue weighted by atomic mass is 32.1. The standard InChI is InChI=1S/C25H29N5O7S/c1-13(2)30(24(35)37-25(3,4)5)18-8-6-7-16(26-18)20-27-15-9-10-38-19(15)21(28-20)36-14-11-17(22(31)32)29(12-14)23(33)34/h6-10,13-14,17H,11-12H2,1-5H3,(H,31,32)(H,33,34)/t14-,17+/m1/s1. The Morgan fingerprint density at radius 2 is 1.87 bits per heavy atom. The highest BCUT2D eigenvalue weighted by molar-refractivity contribution is 7.17. The van der Waals surface area contributed by atoms with E-state index in [0.29, 0.717) is 21.7 Å². The van der Waals surface area contributed by atoms with Crippen LogP contribution in [-0.2, 0) is 9.53 Å². The van der Waals surface area contributed by atoms with Crippen LogP contribution in [0.15, 0.2) is 29.6 Å². The van der Waals surface area contributed by atoms with Gasteiger partial charge >= 0.3 is 18.2 Å². The van der Waals surface area contributed by atoms with Crippen LogP contribution in [0.5, 0.6) is 5.88 Å². The van der Waals surface area contributed by atoms with Gasteiger partial charge in [-0.05, 0) is 58.2 Å². The maximum Gasteiger partial charge on any atom is 0.416 e. The molecule has 0 spiro atoms. The Bertz CT molecular complexity index is 1350. The number of amides is 2. The van der Waals surface area contributed by atoms with Gasteiger partial charge in [0.25, 0.3) is 0 Å². The average molecular weight is 544 g/mol. The summed E-state index contributed by atoms with van der Waals surface area (Å²) >= 11 is 1.35. The van der Waals surface area contributed by atoms with E-state index in [1.165, 1.54) is 16.2 Å². The first-order valence-corrected chi connectivity index (χ1v) is 12.9. The average Bonchev–Trinajstić information content (AvgIpc) is 3.45. The molecule has 1 fully saturated rings. The van der Waals surface area contributed by atoms with Gasteiger partial charge in [0.1, 0.15) is 34.0 Å². The smallest absolute Gasteiger partial charge is 0.416 e. The molecule has 4 rings (SSSR count). The molecule has 0 aromatic carbocycles. The second-order valence-corrected chi connectivity index (χ2v) is 11.0. The number of pyridine rings is 1. The lowest BCUT2D eigenvalue weighted by Crippen LogP contribution is -2.41. The van der Waals surface area contributed by atoms with Crippen LogP contribution in [0.4, 0.5) is 15.4 Å². The van der Waals surface area contributed by atoms with Crippen molar-refractivity contribution in [3.05, 3.63) is 29.6 Å². The summed E-state index contributed by atoms with van der Waals surface area (Å²) in [7, 11) is 0. The Hall–Kier alpha value is -4.00. The van der Waals surface area contributed by atoms with E-state index in [-0.39, 0.29) is 30.7 Å². The summed E-state index contributed by atoms with van der Waals surface area (Å²) in [4.78, 5) is 52.1. The van der Waals surface area contributed by atoms with Gasteiger partial charge in [-0.15, -0.1) is 11.3 Å². The molecule has 202 valence electrons. The van der Waals surface area contributed by atoms with Gasteiger partial charge in [-0.25, -0.2) is 24.4 Å². The fraction of sp³-hybridized carbons (Fsp3) is 0.440. The summed E-state index contributed by atoms with van der Waals surface area (Å²) in [6.07, 6.45) is -2.58. The molecule has 38 heavy (non-hydrogen) atoms. The first-order chi connectivity index (χ1) is 17.8. The van der Waals surface area contributed by atoms with Crippen molar-refractivity contribution in [3.8, 4) is 17.4 Å². The number of carboxylic acids is 1. The molecule has 2 N–H and O–H groups in total. The van der Waals surface area contributed by atoms with Crippen LogP contribution in [0, 0.1) is 0 Å². The number of carboxylic acid groups (broad SMARTS) is 2. The fourth-order valence-electron chi connectivity index (χ4n) is 4.08. The van der Waals surface area contributed by atoms with Gasteiger partial charge in [-0.2, -0.15) is 4.98 Å². The molecular formula is C25H29N5O7S. The maximum atomic E-state index is 12.9. The molecular weight excluding hydrogens is 514 g/mol. The molecule has 3 aromatic rings. The Balaban J connectivity index is 1.67. The number of thiophene rings is 1. The maximum absolute atomic E-state index is 12.9. The van der Waals surface area contributed by atoms with E-state index in [0.717, 1.165) is 4.90 Å². The number of ether oxygens (including phenoxy) is 2. The van der Waals surface area contributed by atoms with E-state index >= 15 is 0 Å². The summed E-state index contributed by atoms with van der Waals surface area (Å²) in [6, 6.07) is 5.48. The number of anilines is 1. The van der Waals surface area contributed by atoms with Crippen molar-refractivity contribution in [1.29, 1.82) is 0 Å². The highest BCUT2D eigenvalue weighted by Crippen LogP contribution is 2.33. The third kappa shape index (κ3) is 5.77. The molecule has 0 radical (unpaired) electrons. The Kier molecular flexibility index (Phi) is 7.40. The van der Waals surface area contributed by atoms with Gasteiger partial charge in [0, 0.05) is 12.5 Å². The third-order valence-corrected chi connectivity index (χ3v) is 6.55. The van der Waals surface area contributed by atoms with E-state index in [4.69, 9.17) is 9.47 Å². The van der Waals surface area contributed by atoms with Crippen molar-refractivity contribution in [3.63, 3.8) is 0 Å². The second kappa shape index (κ2) is 10.4. The van der Waals surface area contributed by atoms with Gasteiger partial charge in [0.05, 0.1) is 12.1 Å². The van der Waals surface area contributed by atoms with Crippen molar-refractivity contribution in [2.75, 3.05) is 11.4 Å². The number of aliphatic carboxylic acids is 1. The topological polar surface area (TPSA) is 155 Å². The highest BCUT2D eigenvalue weighted by Gasteiger charge is 2.41. The Morgan fingerprint density at radius 1 is 1.13 bits per heavy atom. The number of fused-ring (bicyclic) bond motifs is 1. The van der Waals surface area contributed by atoms with E-state index < -0.39 is 35.9 Å². The molecule has 12 nitrogen and oxygen atoms in total. The second-order valence-electron chi connectivity index (χ2n) is 10.1. The molecule has 0 unspecified atom stereocenters. The fourth-order valence-corrected chi connectivity index (χ4v) is 4.84. The lowest BCUT2D eigenvalue weighted by Gasteiger charge is -2.29. The van der Waals surface area contributed by atoms with E-state index in [1.807, 2.05) is 19.2 Å². The normalized spacial score (nSPS) is 17.6. The number of aromatic nitrogens is 3. The van der Waals surface area contributed by atoms with Crippen molar-refractivity contribution < 1.29 is 34.1 Å². The van der Waals surface area contributed by atoms with Crippen LogP contribution in [0.2, 0.25) is 0 Å². The molecule has 0 saturated carbocycles. The molecule has 2 amide bonds. The quantitative estimate of drug-likeness (QED) is 0.454. The van der Waals surface area contributed by atoms with Gasteiger partial charge in [-0.1, -0.05) is 6.07 Å². The molecule has 4 heterocycles.